The van der Waals surface area contributed by atoms with E-state index in [0.717, 1.165) is 70.6 Å². The van der Waals surface area contributed by atoms with Crippen molar-refractivity contribution in [3.05, 3.63) is 48.6 Å². The van der Waals surface area contributed by atoms with Crippen LogP contribution in [0.5, 0.6) is 0 Å². The lowest BCUT2D eigenvalue weighted by Gasteiger charge is -2.26. The van der Waals surface area contributed by atoms with Crippen molar-refractivity contribution in [2.24, 2.45) is 0 Å². The fourth-order valence-corrected chi connectivity index (χ4v) is 5.35. The maximum atomic E-state index is 12.7. The summed E-state index contributed by atoms with van der Waals surface area (Å²) in [6.07, 6.45) is 37.1. The van der Waals surface area contributed by atoms with Crippen LogP contribution in [0.15, 0.2) is 48.6 Å². The van der Waals surface area contributed by atoms with Crippen LogP contribution in [0.4, 0.5) is 0 Å². The van der Waals surface area contributed by atoms with Gasteiger partial charge in [-0.25, -0.2) is 0 Å². The molecule has 0 saturated carbocycles. The first-order valence-corrected chi connectivity index (χ1v) is 20.8. The summed E-state index contributed by atoms with van der Waals surface area (Å²) in [4.78, 5) is 36.8. The van der Waals surface area contributed by atoms with Gasteiger partial charge in [0.05, 0.1) is 40.3 Å². The number of hydrogen-bond donors (Lipinski definition) is 0. The molecular formula is C44H77NO8. The highest BCUT2D eigenvalue weighted by molar-refractivity contribution is 5.70. The topological polar surface area (TPSA) is 111 Å². The number of likely N-dealkylation sites (N-methyl/N-ethyl adjacent to an activating group) is 1. The van der Waals surface area contributed by atoms with E-state index in [1.165, 1.54) is 51.4 Å². The van der Waals surface area contributed by atoms with Gasteiger partial charge >= 0.3 is 11.9 Å². The van der Waals surface area contributed by atoms with Gasteiger partial charge in [0.1, 0.15) is 13.2 Å². The van der Waals surface area contributed by atoms with Crippen molar-refractivity contribution >= 4 is 17.9 Å². The largest absolute Gasteiger partial charge is 0.545 e. The van der Waals surface area contributed by atoms with Crippen LogP contribution in [-0.2, 0) is 33.3 Å². The molecule has 0 N–H and O–H groups in total. The van der Waals surface area contributed by atoms with Gasteiger partial charge in [-0.1, -0.05) is 140 Å². The Morgan fingerprint density at radius 3 is 1.60 bits per heavy atom. The highest BCUT2D eigenvalue weighted by atomic mass is 16.7. The molecule has 0 aliphatic heterocycles. The third-order valence-corrected chi connectivity index (χ3v) is 8.59. The van der Waals surface area contributed by atoms with Gasteiger partial charge in [0.25, 0.3) is 0 Å². The molecule has 0 aromatic rings. The van der Waals surface area contributed by atoms with Crippen LogP contribution in [0, 0.1) is 0 Å². The molecule has 9 nitrogen and oxygen atoms in total. The lowest BCUT2D eigenvalue weighted by Crippen LogP contribution is -2.44. The molecule has 0 aliphatic rings. The predicted octanol–water partition coefficient (Wildman–Crippen LogP) is 9.10. The smallest absolute Gasteiger partial charge is 0.306 e. The standard InChI is InChI=1S/C44H77NO8/c1-6-8-10-12-14-16-18-19-20-21-22-23-25-27-29-31-33-35-42(47)53-40(39-52-44(43(48)49)50-37-36-45(3,4)5)38-51-41(46)34-32-30-28-26-24-17-15-13-11-9-7-2/h8,10,14,16,19-20,22-23,40,44H,6-7,9,11-13,15,17-18,21,24-39H2,1-5H3/b10-8-,16-14-,20-19-,23-22-. The highest BCUT2D eigenvalue weighted by Crippen LogP contribution is 2.13. The lowest BCUT2D eigenvalue weighted by atomic mass is 10.1. The zero-order valence-corrected chi connectivity index (χ0v) is 34.4. The van der Waals surface area contributed by atoms with Gasteiger partial charge in [0.15, 0.2) is 12.4 Å². The van der Waals surface area contributed by atoms with Crippen molar-refractivity contribution in [2.75, 3.05) is 47.5 Å². The Bertz CT molecular complexity index is 1010. The molecule has 0 heterocycles. The summed E-state index contributed by atoms with van der Waals surface area (Å²) in [6.45, 7) is 4.57. The lowest BCUT2D eigenvalue weighted by molar-refractivity contribution is -0.870. The Labute approximate surface area is 323 Å². The number of carbonyl (C=O) groups excluding carboxylic acids is 3. The van der Waals surface area contributed by atoms with Crippen molar-refractivity contribution in [1.29, 1.82) is 0 Å². The normalized spacial score (nSPS) is 13.5. The third kappa shape index (κ3) is 37.4. The van der Waals surface area contributed by atoms with E-state index in [1.807, 2.05) is 21.1 Å². The van der Waals surface area contributed by atoms with Crippen LogP contribution in [-0.4, -0.2) is 82.3 Å². The zero-order chi connectivity index (χ0) is 39.3. The third-order valence-electron chi connectivity index (χ3n) is 8.59. The average Bonchev–Trinajstić information content (AvgIpc) is 3.11. The van der Waals surface area contributed by atoms with Crippen molar-refractivity contribution < 1.29 is 42.9 Å². The molecule has 0 amide bonds. The fourth-order valence-electron chi connectivity index (χ4n) is 5.35. The second-order valence-electron chi connectivity index (χ2n) is 14.9. The number of rotatable bonds is 37. The predicted molar refractivity (Wildman–Crippen MR) is 214 cm³/mol. The Hall–Kier alpha value is -2.75. The molecule has 0 saturated heterocycles. The van der Waals surface area contributed by atoms with Gasteiger partial charge in [-0.2, -0.15) is 0 Å². The summed E-state index contributed by atoms with van der Waals surface area (Å²) in [5.74, 6) is -2.32. The number of carboxylic acids is 1. The van der Waals surface area contributed by atoms with Crippen molar-refractivity contribution in [3.8, 4) is 0 Å². The number of aliphatic carboxylic acids is 1. The zero-order valence-electron chi connectivity index (χ0n) is 34.4. The van der Waals surface area contributed by atoms with Gasteiger partial charge in [0.2, 0.25) is 0 Å². The molecule has 0 aromatic carbocycles. The molecule has 0 aromatic heterocycles. The van der Waals surface area contributed by atoms with E-state index in [0.29, 0.717) is 17.4 Å². The van der Waals surface area contributed by atoms with Crippen LogP contribution in [0.25, 0.3) is 0 Å². The van der Waals surface area contributed by atoms with Crippen LogP contribution < -0.4 is 5.11 Å². The molecule has 0 radical (unpaired) electrons. The number of allylic oxidation sites excluding steroid dienone is 8. The molecule has 0 fully saturated rings. The van der Waals surface area contributed by atoms with Crippen molar-refractivity contribution in [1.82, 2.24) is 0 Å². The highest BCUT2D eigenvalue weighted by Gasteiger charge is 2.21. The van der Waals surface area contributed by atoms with E-state index < -0.39 is 24.3 Å². The Morgan fingerprint density at radius 2 is 1.08 bits per heavy atom. The Morgan fingerprint density at radius 1 is 0.585 bits per heavy atom. The van der Waals surface area contributed by atoms with Gasteiger partial charge in [-0.3, -0.25) is 9.59 Å². The first kappa shape index (κ1) is 50.2. The molecule has 0 rings (SSSR count). The Kier molecular flexibility index (Phi) is 34.4. The summed E-state index contributed by atoms with van der Waals surface area (Å²) < 4.78 is 22.4. The number of hydrogen-bond acceptors (Lipinski definition) is 8. The van der Waals surface area contributed by atoms with E-state index in [9.17, 15) is 19.5 Å². The van der Waals surface area contributed by atoms with Crippen LogP contribution in [0.2, 0.25) is 0 Å². The minimum absolute atomic E-state index is 0.142. The van der Waals surface area contributed by atoms with Gasteiger partial charge in [-0.15, -0.1) is 0 Å². The van der Waals surface area contributed by atoms with E-state index >= 15 is 0 Å². The van der Waals surface area contributed by atoms with Gasteiger partial charge in [0, 0.05) is 12.8 Å². The SMILES string of the molecule is CC/C=C\C/C=C\C/C=C\C/C=C\CCCCCCC(=O)OC(COC(=O)CCCCCCCCCCCCC)COC(OCC[N+](C)(C)C)C(=O)[O-]. The second-order valence-corrected chi connectivity index (χ2v) is 14.9. The first-order chi connectivity index (χ1) is 25.6. The summed E-state index contributed by atoms with van der Waals surface area (Å²) in [6, 6.07) is 0. The van der Waals surface area contributed by atoms with Crippen LogP contribution in [0.1, 0.15) is 155 Å². The number of esters is 2. The van der Waals surface area contributed by atoms with Gasteiger partial charge < -0.3 is 33.3 Å². The molecule has 53 heavy (non-hydrogen) atoms. The van der Waals surface area contributed by atoms with Gasteiger partial charge in [-0.05, 0) is 51.4 Å². The second kappa shape index (κ2) is 36.2. The van der Waals surface area contributed by atoms with E-state index in [4.69, 9.17) is 18.9 Å². The minimum atomic E-state index is -1.63. The van der Waals surface area contributed by atoms with Crippen LogP contribution >= 0.6 is 0 Å². The van der Waals surface area contributed by atoms with Crippen molar-refractivity contribution in [3.63, 3.8) is 0 Å². The number of nitrogens with zero attached hydrogens (tertiary/aromatic N) is 1. The summed E-state index contributed by atoms with van der Waals surface area (Å²) in [5.41, 5.74) is 0. The number of quaternary nitrogens is 1. The van der Waals surface area contributed by atoms with Crippen LogP contribution in [0.3, 0.4) is 0 Å². The molecule has 0 aliphatic carbocycles. The number of unbranched alkanes of at least 4 members (excludes halogenated alkanes) is 14. The molecule has 2 unspecified atom stereocenters. The summed E-state index contributed by atoms with van der Waals surface area (Å²) in [7, 11) is 5.89. The monoisotopic (exact) mass is 748 g/mol. The van der Waals surface area contributed by atoms with E-state index in [-0.39, 0.29) is 38.6 Å². The van der Waals surface area contributed by atoms with E-state index in [1.54, 1.807) is 0 Å². The van der Waals surface area contributed by atoms with E-state index in [2.05, 4.69) is 62.5 Å². The molecule has 0 bridgehead atoms. The maximum absolute atomic E-state index is 12.7. The fraction of sp³-hybridized carbons (Fsp3) is 0.750. The molecule has 0 spiro atoms. The average molecular weight is 748 g/mol. The first-order valence-electron chi connectivity index (χ1n) is 20.8. The molecule has 2 atom stereocenters. The summed E-state index contributed by atoms with van der Waals surface area (Å²) in [5, 5.41) is 11.7. The number of ether oxygens (including phenoxy) is 4. The number of carboxylic acid groups (broad SMARTS) is 1. The summed E-state index contributed by atoms with van der Waals surface area (Å²) >= 11 is 0. The molecule has 9 heteroatoms. The minimum Gasteiger partial charge on any atom is -0.545 e. The molecular weight excluding hydrogens is 670 g/mol. The molecule has 306 valence electrons. The quantitative estimate of drug-likeness (QED) is 0.0204. The van der Waals surface area contributed by atoms with Crippen molar-refractivity contribution in [2.45, 2.75) is 167 Å². The maximum Gasteiger partial charge on any atom is 0.306 e. The number of carbonyl (C=O) groups is 3. The Balaban J connectivity index is 4.54.